The van der Waals surface area contributed by atoms with E-state index in [-0.39, 0.29) is 16.8 Å². The summed E-state index contributed by atoms with van der Waals surface area (Å²) in [7, 11) is 0. The van der Waals surface area contributed by atoms with Gasteiger partial charge in [0, 0.05) is 0 Å². The van der Waals surface area contributed by atoms with Gasteiger partial charge in [0.15, 0.2) is 0 Å². The number of hydrogen-bond acceptors (Lipinski definition) is 4. The first-order valence-corrected chi connectivity index (χ1v) is 6.07. The molecule has 1 amide bonds. The number of carbonyl (C=O) groups excluding carboxylic acids is 1. The molecule has 2 rings (SSSR count). The third-order valence-electron chi connectivity index (χ3n) is 3.26. The van der Waals surface area contributed by atoms with Crippen LogP contribution < -0.4 is 5.32 Å². The molecule has 0 spiro atoms. The van der Waals surface area contributed by atoms with E-state index in [0.29, 0.717) is 32.8 Å². The van der Waals surface area contributed by atoms with Crippen molar-refractivity contribution in [2.75, 3.05) is 32.8 Å². The third kappa shape index (κ3) is 2.70. The summed E-state index contributed by atoms with van der Waals surface area (Å²) in [6.45, 7) is 8.12. The maximum atomic E-state index is 12.2. The van der Waals surface area contributed by atoms with Crippen LogP contribution in [0.5, 0.6) is 0 Å². The number of ether oxygens (including phenoxy) is 1. The van der Waals surface area contributed by atoms with Crippen LogP contribution in [0, 0.1) is 5.21 Å². The van der Waals surface area contributed by atoms with Crippen molar-refractivity contribution in [2.45, 2.75) is 32.4 Å². The monoisotopic (exact) mass is 243 g/mol. The van der Waals surface area contributed by atoms with E-state index in [9.17, 15) is 10.0 Å². The Balaban J connectivity index is 1.95. The molecule has 1 N–H and O–H groups in total. The zero-order valence-corrected chi connectivity index (χ0v) is 10.7. The molecule has 0 saturated carbocycles. The quantitative estimate of drug-likeness (QED) is 0.496. The van der Waals surface area contributed by atoms with Crippen molar-refractivity contribution < 1.29 is 14.2 Å². The van der Waals surface area contributed by atoms with Gasteiger partial charge in [0.2, 0.25) is 0 Å². The number of hydrogen-bond donors (Lipinski definition) is 1. The standard InChI is InChI=1S/C11H21N3O3/c1-11(2,3)17-10(15)13-4-5-14(16)8-12-6-9(14)7-13/h9,12H,4-8H2,1-3H3. The molecule has 0 aromatic heterocycles. The molecule has 2 unspecified atom stereocenters. The molecule has 6 heteroatoms. The largest absolute Gasteiger partial charge is 0.632 e. The Labute approximate surface area is 102 Å². The van der Waals surface area contributed by atoms with E-state index in [1.165, 1.54) is 0 Å². The molecule has 2 atom stereocenters. The highest BCUT2D eigenvalue weighted by atomic mass is 16.6. The summed E-state index contributed by atoms with van der Waals surface area (Å²) < 4.78 is 5.11. The number of rotatable bonds is 0. The Kier molecular flexibility index (Phi) is 3.05. The van der Waals surface area contributed by atoms with Gasteiger partial charge in [0.05, 0.1) is 26.2 Å². The topological polar surface area (TPSA) is 64.6 Å². The fourth-order valence-corrected chi connectivity index (χ4v) is 2.32. The summed E-state index contributed by atoms with van der Waals surface area (Å²) in [4.78, 5) is 13.5. The molecular formula is C11H21N3O3. The summed E-state index contributed by atoms with van der Waals surface area (Å²) >= 11 is 0. The lowest BCUT2D eigenvalue weighted by atomic mass is 10.2. The number of hydroxylamine groups is 3. The third-order valence-corrected chi connectivity index (χ3v) is 3.26. The molecule has 0 aromatic rings. The van der Waals surface area contributed by atoms with Crippen molar-refractivity contribution >= 4 is 6.09 Å². The van der Waals surface area contributed by atoms with E-state index in [2.05, 4.69) is 5.32 Å². The first kappa shape index (κ1) is 12.6. The average Bonchev–Trinajstić information content (AvgIpc) is 2.55. The molecular weight excluding hydrogens is 222 g/mol. The maximum Gasteiger partial charge on any atom is 0.410 e. The van der Waals surface area contributed by atoms with Crippen LogP contribution in [0.1, 0.15) is 20.8 Å². The predicted molar refractivity (Wildman–Crippen MR) is 63.0 cm³/mol. The normalized spacial score (nSPS) is 33.4. The van der Waals surface area contributed by atoms with Gasteiger partial charge in [-0.1, -0.05) is 0 Å². The number of fused-ring (bicyclic) bond motifs is 1. The van der Waals surface area contributed by atoms with Gasteiger partial charge in [0.25, 0.3) is 0 Å². The number of piperazine rings is 1. The molecule has 98 valence electrons. The smallest absolute Gasteiger partial charge is 0.410 e. The van der Waals surface area contributed by atoms with Crippen molar-refractivity contribution in [3.8, 4) is 0 Å². The molecule has 17 heavy (non-hydrogen) atoms. The zero-order chi connectivity index (χ0) is 12.7. The average molecular weight is 243 g/mol. The van der Waals surface area contributed by atoms with Crippen LogP contribution in [0.3, 0.4) is 0 Å². The van der Waals surface area contributed by atoms with Crippen molar-refractivity contribution in [3.63, 3.8) is 0 Å². The van der Waals surface area contributed by atoms with Gasteiger partial charge in [-0.15, -0.1) is 0 Å². The first-order chi connectivity index (χ1) is 7.80. The fourth-order valence-electron chi connectivity index (χ4n) is 2.32. The van der Waals surface area contributed by atoms with Crippen LogP contribution in [-0.4, -0.2) is 60.1 Å². The van der Waals surface area contributed by atoms with Gasteiger partial charge in [0.1, 0.15) is 18.3 Å². The number of carbonyl (C=O) groups is 1. The van der Waals surface area contributed by atoms with E-state index >= 15 is 0 Å². The predicted octanol–water partition coefficient (Wildman–Crippen LogP) is 0.481. The van der Waals surface area contributed by atoms with Gasteiger partial charge < -0.3 is 14.6 Å². The molecule has 0 radical (unpaired) electrons. The minimum Gasteiger partial charge on any atom is -0.632 e. The Hall–Kier alpha value is -0.850. The van der Waals surface area contributed by atoms with Crippen LogP contribution in [-0.2, 0) is 4.74 Å². The number of quaternary nitrogens is 1. The lowest BCUT2D eigenvalue weighted by Gasteiger charge is -2.49. The van der Waals surface area contributed by atoms with E-state index in [0.717, 1.165) is 0 Å². The molecule has 2 aliphatic heterocycles. The van der Waals surface area contributed by atoms with Crippen LogP contribution in [0.2, 0.25) is 0 Å². The van der Waals surface area contributed by atoms with Crippen LogP contribution in [0.15, 0.2) is 0 Å². The van der Waals surface area contributed by atoms with E-state index in [1.54, 1.807) is 4.90 Å². The van der Waals surface area contributed by atoms with E-state index in [1.807, 2.05) is 20.8 Å². The Morgan fingerprint density at radius 2 is 2.24 bits per heavy atom. The highest BCUT2D eigenvalue weighted by molar-refractivity contribution is 5.68. The molecule has 2 saturated heterocycles. The molecule has 0 bridgehead atoms. The molecule has 2 aliphatic rings. The van der Waals surface area contributed by atoms with Crippen LogP contribution in [0.25, 0.3) is 0 Å². The fraction of sp³-hybridized carbons (Fsp3) is 0.909. The van der Waals surface area contributed by atoms with Gasteiger partial charge in [-0.3, -0.25) is 10.2 Å². The van der Waals surface area contributed by atoms with Gasteiger partial charge in [-0.25, -0.2) is 4.79 Å². The van der Waals surface area contributed by atoms with Crippen molar-refractivity contribution in [1.82, 2.24) is 10.2 Å². The second-order valence-electron chi connectivity index (χ2n) is 5.87. The second-order valence-corrected chi connectivity index (χ2v) is 5.87. The van der Waals surface area contributed by atoms with Crippen molar-refractivity contribution in [2.24, 2.45) is 0 Å². The maximum absolute atomic E-state index is 12.2. The molecule has 0 aromatic carbocycles. The second kappa shape index (κ2) is 4.12. The highest BCUT2D eigenvalue weighted by Crippen LogP contribution is 2.22. The first-order valence-electron chi connectivity index (χ1n) is 6.07. The SMILES string of the molecule is CC(C)(C)OC(=O)N1CC[N+]2([O-])CNCC2C1. The Morgan fingerprint density at radius 1 is 1.53 bits per heavy atom. The number of amides is 1. The van der Waals surface area contributed by atoms with E-state index < -0.39 is 5.60 Å². The summed E-state index contributed by atoms with van der Waals surface area (Å²) in [6, 6.07) is -0.0451. The Bertz CT molecular complexity index is 316. The van der Waals surface area contributed by atoms with Crippen molar-refractivity contribution in [1.29, 1.82) is 0 Å². The summed E-state index contributed by atoms with van der Waals surface area (Å²) in [5.74, 6) is 0. The van der Waals surface area contributed by atoms with Gasteiger partial charge in [-0.2, -0.15) is 0 Å². The Morgan fingerprint density at radius 3 is 2.88 bits per heavy atom. The highest BCUT2D eigenvalue weighted by Gasteiger charge is 2.41. The summed E-state index contributed by atoms with van der Waals surface area (Å²) in [5, 5.41) is 15.3. The molecule has 0 aliphatic carbocycles. The molecule has 2 heterocycles. The summed E-state index contributed by atoms with van der Waals surface area (Å²) in [5.41, 5.74) is -0.480. The molecule has 2 fully saturated rings. The van der Waals surface area contributed by atoms with Crippen LogP contribution >= 0.6 is 0 Å². The number of nitrogens with one attached hydrogen (secondary N) is 1. The minimum absolute atomic E-state index is 0.0451. The van der Waals surface area contributed by atoms with Crippen LogP contribution in [0.4, 0.5) is 4.79 Å². The molecule has 6 nitrogen and oxygen atoms in total. The zero-order valence-electron chi connectivity index (χ0n) is 10.7. The van der Waals surface area contributed by atoms with E-state index in [4.69, 9.17) is 4.74 Å². The lowest BCUT2D eigenvalue weighted by molar-refractivity contribution is -0.896. The van der Waals surface area contributed by atoms with Crippen molar-refractivity contribution in [3.05, 3.63) is 5.21 Å². The number of nitrogens with zero attached hydrogens (tertiary/aromatic N) is 2. The lowest BCUT2D eigenvalue weighted by Crippen LogP contribution is -2.61. The van der Waals surface area contributed by atoms with Gasteiger partial charge >= 0.3 is 6.09 Å². The minimum atomic E-state index is -0.480. The van der Waals surface area contributed by atoms with Gasteiger partial charge in [-0.05, 0) is 20.8 Å². The summed E-state index contributed by atoms with van der Waals surface area (Å²) in [6.07, 6.45) is -0.310.